The van der Waals surface area contributed by atoms with Gasteiger partial charge in [0.05, 0.1) is 38.7 Å². The number of nitrogens with zero attached hydrogens (tertiary/aromatic N) is 4. The molecule has 0 aliphatic heterocycles. The summed E-state index contributed by atoms with van der Waals surface area (Å²) in [7, 11) is 0. The Hall–Kier alpha value is -3.45. The van der Waals surface area contributed by atoms with Gasteiger partial charge in [-0.15, -0.1) is 0 Å². The zero-order valence-electron chi connectivity index (χ0n) is 23.1. The zero-order valence-corrected chi connectivity index (χ0v) is 26.2. The molecule has 1 aromatic heterocycles. The minimum atomic E-state index is -0.819. The average molecular weight is 640 g/mol. The largest absolute Gasteiger partial charge is 0.330 e. The first kappa shape index (κ1) is 31.5. The molecule has 0 atom stereocenters. The quantitative estimate of drug-likeness (QED) is 0.132. The third-order valence-electron chi connectivity index (χ3n) is 6.74. The molecule has 0 spiro atoms. The summed E-state index contributed by atoms with van der Waals surface area (Å²) >= 11 is 24.8. The molecule has 3 aromatic carbocycles. The smallest absolute Gasteiger partial charge is 0.188 e. The van der Waals surface area contributed by atoms with Crippen molar-refractivity contribution in [3.63, 3.8) is 0 Å². The molecule has 2 N–H and O–H groups in total. The molecule has 0 radical (unpaired) electrons. The number of carbonyl (C=O) groups excluding carboxylic acids is 1. The van der Waals surface area contributed by atoms with Crippen LogP contribution in [0.1, 0.15) is 36.2 Å². The highest BCUT2D eigenvalue weighted by Gasteiger charge is 2.32. The third-order valence-corrected chi connectivity index (χ3v) is 8.25. The molecule has 0 amide bonds. The van der Waals surface area contributed by atoms with E-state index < -0.39 is 5.41 Å². The van der Waals surface area contributed by atoms with E-state index in [0.717, 1.165) is 16.8 Å². The van der Waals surface area contributed by atoms with Crippen LogP contribution >= 0.6 is 47.0 Å². The zero-order chi connectivity index (χ0) is 30.3. The maximum atomic E-state index is 13.7. The molecular weight excluding hydrogens is 611 g/mol. The first-order valence-electron chi connectivity index (χ1n) is 13.1. The van der Waals surface area contributed by atoms with Crippen molar-refractivity contribution in [2.75, 3.05) is 11.9 Å². The number of ketones is 1. The van der Waals surface area contributed by atoms with Crippen LogP contribution in [0, 0.1) is 16.7 Å². The Morgan fingerprint density at radius 3 is 2.48 bits per heavy atom. The standard InChI is InChI=1S/C31H29Cl3N6OS/c1-31(2,28(41)14-24-17-36-20-39(24)18-22-12-10-21(15-35)11-13-22)19-40(30(42)38-27-9-4-3-7-25(27)32)37-16-23-6-5-8-26(33)29(23)34/h3-13,17,20,37H,14,16,18-19H2,1-2H3,(H,38,42). The van der Waals surface area contributed by atoms with Crippen LogP contribution < -0.4 is 10.7 Å². The number of aromatic nitrogens is 2. The van der Waals surface area contributed by atoms with E-state index in [1.807, 2.05) is 60.9 Å². The lowest BCUT2D eigenvalue weighted by Gasteiger charge is -2.34. The van der Waals surface area contributed by atoms with Gasteiger partial charge < -0.3 is 9.88 Å². The van der Waals surface area contributed by atoms with Crippen molar-refractivity contribution >= 4 is 63.6 Å². The summed E-state index contributed by atoms with van der Waals surface area (Å²) in [6.45, 7) is 4.88. The van der Waals surface area contributed by atoms with Crippen LogP contribution in [-0.4, -0.2) is 32.0 Å². The molecule has 0 aliphatic rings. The van der Waals surface area contributed by atoms with E-state index in [2.05, 4.69) is 21.8 Å². The van der Waals surface area contributed by atoms with Crippen LogP contribution in [0.2, 0.25) is 15.1 Å². The minimum absolute atomic E-state index is 0.0113. The van der Waals surface area contributed by atoms with Crippen LogP contribution in [0.15, 0.2) is 79.3 Å². The Morgan fingerprint density at radius 1 is 1.05 bits per heavy atom. The molecule has 216 valence electrons. The number of carbonyl (C=O) groups is 1. The van der Waals surface area contributed by atoms with Gasteiger partial charge in [-0.05, 0) is 53.7 Å². The molecule has 1 heterocycles. The van der Waals surface area contributed by atoms with E-state index in [0.29, 0.717) is 44.5 Å². The minimum Gasteiger partial charge on any atom is -0.330 e. The molecule has 42 heavy (non-hydrogen) atoms. The lowest BCUT2D eigenvalue weighted by Crippen LogP contribution is -2.51. The average Bonchev–Trinajstić information content (AvgIpc) is 3.40. The second-order valence-corrected chi connectivity index (χ2v) is 11.9. The third kappa shape index (κ3) is 8.09. The molecule has 0 saturated carbocycles. The Bertz CT molecular complexity index is 1610. The number of Topliss-reactive ketones (excluding diaryl/α,β-unsaturated/α-hetero) is 1. The molecule has 0 saturated heterocycles. The fourth-order valence-corrected chi connectivity index (χ4v) is 5.03. The second-order valence-electron chi connectivity index (χ2n) is 10.3. The molecular formula is C31H29Cl3N6OS. The van der Waals surface area contributed by atoms with Crippen LogP contribution in [-0.2, 0) is 24.3 Å². The number of para-hydroxylation sites is 1. The number of thiocarbonyl (C=S) groups is 1. The number of benzene rings is 3. The van der Waals surface area contributed by atoms with Gasteiger partial charge in [0.15, 0.2) is 5.11 Å². The summed E-state index contributed by atoms with van der Waals surface area (Å²) in [5.41, 5.74) is 6.32. The van der Waals surface area contributed by atoms with Gasteiger partial charge in [-0.2, -0.15) is 5.26 Å². The van der Waals surface area contributed by atoms with E-state index in [1.54, 1.807) is 41.8 Å². The van der Waals surface area contributed by atoms with Gasteiger partial charge in [-0.1, -0.05) is 85.0 Å². The Morgan fingerprint density at radius 2 is 1.76 bits per heavy atom. The molecule has 0 aliphatic carbocycles. The maximum absolute atomic E-state index is 13.7. The lowest BCUT2D eigenvalue weighted by molar-refractivity contribution is -0.127. The molecule has 0 fully saturated rings. The Balaban J connectivity index is 1.50. The number of nitrogens with one attached hydrogen (secondary N) is 2. The van der Waals surface area contributed by atoms with E-state index in [1.165, 1.54) is 0 Å². The number of hydrogen-bond donors (Lipinski definition) is 2. The monoisotopic (exact) mass is 638 g/mol. The Kier molecular flexibility index (Phi) is 10.6. The van der Waals surface area contributed by atoms with E-state index >= 15 is 0 Å². The number of nitriles is 1. The van der Waals surface area contributed by atoms with Gasteiger partial charge in [0.1, 0.15) is 5.78 Å². The highest BCUT2D eigenvalue weighted by atomic mass is 35.5. The van der Waals surface area contributed by atoms with Gasteiger partial charge in [0.25, 0.3) is 0 Å². The predicted octanol–water partition coefficient (Wildman–Crippen LogP) is 7.30. The number of imidazole rings is 1. The topological polar surface area (TPSA) is 86.0 Å². The summed E-state index contributed by atoms with van der Waals surface area (Å²) in [6, 6.07) is 22.2. The van der Waals surface area contributed by atoms with Crippen LogP contribution in [0.3, 0.4) is 0 Å². The number of halogens is 3. The maximum Gasteiger partial charge on any atom is 0.188 e. The molecule has 0 bridgehead atoms. The normalized spacial score (nSPS) is 11.1. The highest BCUT2D eigenvalue weighted by Crippen LogP contribution is 2.27. The number of rotatable bonds is 11. The molecule has 4 rings (SSSR count). The SMILES string of the molecule is CC(C)(CN(NCc1cccc(Cl)c1Cl)C(=S)Nc1ccccc1Cl)C(=O)Cc1cncn1Cc1ccc(C#N)cc1. The summed E-state index contributed by atoms with van der Waals surface area (Å²) in [4.78, 5) is 18.0. The number of hydrogen-bond acceptors (Lipinski definition) is 5. The van der Waals surface area contributed by atoms with Gasteiger partial charge in [0.2, 0.25) is 0 Å². The van der Waals surface area contributed by atoms with Crippen LogP contribution in [0.25, 0.3) is 0 Å². The lowest BCUT2D eigenvalue weighted by atomic mass is 9.85. The summed E-state index contributed by atoms with van der Waals surface area (Å²) in [5.74, 6) is 0.0113. The fraction of sp³-hybridized carbons (Fsp3) is 0.226. The van der Waals surface area contributed by atoms with E-state index in [-0.39, 0.29) is 18.7 Å². The van der Waals surface area contributed by atoms with Gasteiger partial charge in [0, 0.05) is 43.4 Å². The molecule has 0 unspecified atom stereocenters. The second kappa shape index (κ2) is 14.1. The van der Waals surface area contributed by atoms with Crippen molar-refractivity contribution in [3.05, 3.63) is 117 Å². The van der Waals surface area contributed by atoms with Gasteiger partial charge in [-0.3, -0.25) is 9.80 Å². The molecule has 11 heteroatoms. The van der Waals surface area contributed by atoms with Crippen molar-refractivity contribution in [1.29, 1.82) is 5.26 Å². The molecule has 4 aromatic rings. The van der Waals surface area contributed by atoms with Crippen molar-refractivity contribution in [1.82, 2.24) is 20.0 Å². The Labute approximate surface area is 266 Å². The molecule has 7 nitrogen and oxygen atoms in total. The van der Waals surface area contributed by atoms with Crippen molar-refractivity contribution in [2.24, 2.45) is 5.41 Å². The summed E-state index contributed by atoms with van der Waals surface area (Å²) < 4.78 is 1.94. The van der Waals surface area contributed by atoms with Crippen LogP contribution in [0.4, 0.5) is 5.69 Å². The predicted molar refractivity (Wildman–Crippen MR) is 173 cm³/mol. The van der Waals surface area contributed by atoms with Gasteiger partial charge in [-0.25, -0.2) is 10.4 Å². The fourth-order valence-electron chi connectivity index (χ4n) is 4.22. The van der Waals surface area contributed by atoms with Crippen LogP contribution in [0.5, 0.6) is 0 Å². The number of hydrazine groups is 1. The van der Waals surface area contributed by atoms with E-state index in [9.17, 15) is 4.79 Å². The number of anilines is 1. The van der Waals surface area contributed by atoms with Gasteiger partial charge >= 0.3 is 0 Å². The summed E-state index contributed by atoms with van der Waals surface area (Å²) in [5, 5.41) is 15.7. The van der Waals surface area contributed by atoms with Crippen molar-refractivity contribution in [2.45, 2.75) is 33.4 Å². The first-order chi connectivity index (χ1) is 20.1. The van der Waals surface area contributed by atoms with Crippen molar-refractivity contribution in [3.8, 4) is 6.07 Å². The van der Waals surface area contributed by atoms with E-state index in [4.69, 9.17) is 52.3 Å². The van der Waals surface area contributed by atoms with Crippen molar-refractivity contribution < 1.29 is 4.79 Å². The highest BCUT2D eigenvalue weighted by molar-refractivity contribution is 7.80. The first-order valence-corrected chi connectivity index (χ1v) is 14.6. The summed E-state index contributed by atoms with van der Waals surface area (Å²) in [6.07, 6.45) is 3.60.